The number of hydrogen-bond donors (Lipinski definition) is 0. The summed E-state index contributed by atoms with van der Waals surface area (Å²) in [5, 5.41) is 10.3. The molecule has 0 N–H and O–H groups in total. The van der Waals surface area contributed by atoms with Gasteiger partial charge in [-0.3, -0.25) is 0 Å². The minimum Gasteiger partial charge on any atom is -0.341 e. The molecule has 184 valence electrons. The largest absolute Gasteiger partial charge is 0.341 e. The molecule has 0 aliphatic carbocycles. The molecule has 7 aromatic carbocycles. The van der Waals surface area contributed by atoms with Gasteiger partial charge in [0.1, 0.15) is 0 Å². The van der Waals surface area contributed by atoms with Crippen molar-refractivity contribution in [1.29, 1.82) is 0 Å². The Balaban J connectivity index is 1.48. The summed E-state index contributed by atoms with van der Waals surface area (Å²) in [5.74, 6) is 0. The first-order valence-corrected chi connectivity index (χ1v) is 13.8. The lowest BCUT2D eigenvalue weighted by atomic mass is 9.85. The van der Waals surface area contributed by atoms with Crippen molar-refractivity contribution in [2.75, 3.05) is 0 Å². The molecule has 0 saturated carbocycles. The third-order valence-electron chi connectivity index (χ3n) is 8.35. The molecule has 0 aliphatic heterocycles. The van der Waals surface area contributed by atoms with E-state index in [9.17, 15) is 0 Å². The molecule has 0 saturated heterocycles. The normalized spacial score (nSPS) is 11.8. The van der Waals surface area contributed by atoms with E-state index in [1.807, 2.05) is 0 Å². The van der Waals surface area contributed by atoms with Crippen LogP contribution in [0.2, 0.25) is 0 Å². The van der Waals surface area contributed by atoms with Crippen molar-refractivity contribution in [3.8, 4) is 22.3 Å². The van der Waals surface area contributed by atoms with Gasteiger partial charge in [-0.15, -0.1) is 0 Å². The number of aromatic nitrogens is 1. The highest BCUT2D eigenvalue weighted by Gasteiger charge is 2.18. The van der Waals surface area contributed by atoms with Gasteiger partial charge < -0.3 is 4.57 Å². The minimum absolute atomic E-state index is 0.954. The predicted octanol–water partition coefficient (Wildman–Crippen LogP) is 10.6. The Kier molecular flexibility index (Phi) is 4.87. The molecule has 1 aromatic heterocycles. The third kappa shape index (κ3) is 3.26. The van der Waals surface area contributed by atoms with Crippen LogP contribution < -0.4 is 0 Å². The number of fused-ring (bicyclic) bond motifs is 6. The number of nitrogens with zero attached hydrogens (tertiary/aromatic N) is 1. The van der Waals surface area contributed by atoms with E-state index < -0.39 is 0 Å². The van der Waals surface area contributed by atoms with Crippen LogP contribution in [-0.2, 0) is 6.54 Å². The molecule has 0 unspecified atom stereocenters. The molecule has 8 rings (SSSR count). The lowest BCUT2D eigenvalue weighted by Crippen LogP contribution is -1.93. The summed E-state index contributed by atoms with van der Waals surface area (Å²) < 4.78 is 2.42. The fourth-order valence-electron chi connectivity index (χ4n) is 6.65. The quantitative estimate of drug-likeness (QED) is 0.214. The van der Waals surface area contributed by atoms with Gasteiger partial charge in [-0.2, -0.15) is 0 Å². The Morgan fingerprint density at radius 3 is 1.54 bits per heavy atom. The van der Waals surface area contributed by atoms with Crippen molar-refractivity contribution >= 4 is 54.1 Å². The van der Waals surface area contributed by atoms with E-state index in [1.54, 1.807) is 0 Å². The highest BCUT2D eigenvalue weighted by Crippen LogP contribution is 2.45. The number of hydrogen-bond acceptors (Lipinski definition) is 0. The summed E-state index contributed by atoms with van der Waals surface area (Å²) in [5.41, 5.74) is 7.73. The lowest BCUT2D eigenvalue weighted by Gasteiger charge is -2.18. The molecule has 8 aromatic rings. The van der Waals surface area contributed by atoms with E-state index in [0.29, 0.717) is 0 Å². The first-order chi connectivity index (χ1) is 19.3. The Labute approximate surface area is 227 Å². The van der Waals surface area contributed by atoms with Gasteiger partial charge in [0.25, 0.3) is 0 Å². The summed E-state index contributed by atoms with van der Waals surface area (Å²) in [4.78, 5) is 0. The molecule has 1 nitrogen and oxygen atoms in total. The molecule has 0 atom stereocenters. The second-order valence-electron chi connectivity index (χ2n) is 10.4. The van der Waals surface area contributed by atoms with E-state index >= 15 is 0 Å². The second-order valence-corrected chi connectivity index (χ2v) is 10.4. The lowest BCUT2D eigenvalue weighted by molar-refractivity contribution is 0.827. The van der Waals surface area contributed by atoms with Crippen molar-refractivity contribution in [2.45, 2.75) is 13.5 Å². The predicted molar refractivity (Wildman–Crippen MR) is 169 cm³/mol. The number of benzene rings is 7. The van der Waals surface area contributed by atoms with Crippen LogP contribution in [0.1, 0.15) is 6.92 Å². The Morgan fingerprint density at radius 2 is 0.897 bits per heavy atom. The maximum atomic E-state index is 2.42. The van der Waals surface area contributed by atoms with Crippen LogP contribution in [0.15, 0.2) is 133 Å². The summed E-state index contributed by atoms with van der Waals surface area (Å²) in [6, 6.07) is 49.2. The molecule has 1 heterocycles. The van der Waals surface area contributed by atoms with Crippen LogP contribution in [0.5, 0.6) is 0 Å². The minimum atomic E-state index is 0.954. The van der Waals surface area contributed by atoms with E-state index in [0.717, 1.165) is 6.54 Å². The molecule has 0 fully saturated rings. The first kappa shape index (κ1) is 22.1. The standard InChI is InChI=1S/C38H27N/c1-2-39-35-18-10-9-13-29(35)34-24-28(21-22-36(34)39)38-32-16-7-5-14-30(32)37(31-15-6-8-17-33(31)38)27-20-19-25-11-3-4-12-26(25)23-27/h3-24H,2H2,1H3. The van der Waals surface area contributed by atoms with Crippen LogP contribution in [0.3, 0.4) is 0 Å². The SMILES string of the molecule is CCn1c2ccccc2c2cc(-c3c4ccccc4c(-c4ccc5ccccc5c4)c4ccccc34)ccc21. The van der Waals surface area contributed by atoms with E-state index in [4.69, 9.17) is 0 Å². The molecular weight excluding hydrogens is 470 g/mol. The molecule has 0 bridgehead atoms. The molecule has 39 heavy (non-hydrogen) atoms. The van der Waals surface area contributed by atoms with Gasteiger partial charge in [0.15, 0.2) is 0 Å². The van der Waals surface area contributed by atoms with Crippen LogP contribution in [-0.4, -0.2) is 4.57 Å². The highest BCUT2D eigenvalue weighted by atomic mass is 15.0. The van der Waals surface area contributed by atoms with Crippen molar-refractivity contribution < 1.29 is 0 Å². The second kappa shape index (κ2) is 8.58. The van der Waals surface area contributed by atoms with Crippen LogP contribution in [0.25, 0.3) is 76.4 Å². The Bertz CT molecular complexity index is 2160. The zero-order chi connectivity index (χ0) is 25.9. The van der Waals surface area contributed by atoms with E-state index in [1.165, 1.54) is 76.4 Å². The Morgan fingerprint density at radius 1 is 0.410 bits per heavy atom. The number of para-hydroxylation sites is 1. The van der Waals surface area contributed by atoms with E-state index in [2.05, 4.69) is 145 Å². The van der Waals surface area contributed by atoms with E-state index in [-0.39, 0.29) is 0 Å². The molecule has 0 amide bonds. The highest BCUT2D eigenvalue weighted by molar-refractivity contribution is 6.22. The molecular formula is C38H27N. The van der Waals surface area contributed by atoms with Gasteiger partial charge in [0, 0.05) is 28.4 Å². The molecule has 0 radical (unpaired) electrons. The molecule has 0 aliphatic rings. The molecule has 0 spiro atoms. The topological polar surface area (TPSA) is 4.93 Å². The van der Waals surface area contributed by atoms with Crippen LogP contribution in [0.4, 0.5) is 0 Å². The van der Waals surface area contributed by atoms with Gasteiger partial charge in [-0.1, -0.05) is 109 Å². The summed E-state index contributed by atoms with van der Waals surface area (Å²) in [6.07, 6.45) is 0. The fourth-order valence-corrected chi connectivity index (χ4v) is 6.65. The number of aryl methyl sites for hydroxylation is 1. The first-order valence-electron chi connectivity index (χ1n) is 13.8. The Hall–Kier alpha value is -4.88. The summed E-state index contributed by atoms with van der Waals surface area (Å²) in [6.45, 7) is 3.18. The van der Waals surface area contributed by atoms with Crippen molar-refractivity contribution in [3.05, 3.63) is 133 Å². The van der Waals surface area contributed by atoms with Gasteiger partial charge in [-0.25, -0.2) is 0 Å². The number of rotatable bonds is 3. The van der Waals surface area contributed by atoms with Crippen molar-refractivity contribution in [1.82, 2.24) is 4.57 Å². The van der Waals surface area contributed by atoms with Gasteiger partial charge in [-0.05, 0) is 85.8 Å². The average molecular weight is 498 g/mol. The third-order valence-corrected chi connectivity index (χ3v) is 8.35. The fraction of sp³-hybridized carbons (Fsp3) is 0.0526. The van der Waals surface area contributed by atoms with Gasteiger partial charge in [0.2, 0.25) is 0 Å². The summed E-state index contributed by atoms with van der Waals surface area (Å²) >= 11 is 0. The smallest absolute Gasteiger partial charge is 0.0491 e. The van der Waals surface area contributed by atoms with Crippen molar-refractivity contribution in [3.63, 3.8) is 0 Å². The average Bonchev–Trinajstić information content (AvgIpc) is 3.32. The monoisotopic (exact) mass is 497 g/mol. The van der Waals surface area contributed by atoms with Gasteiger partial charge >= 0.3 is 0 Å². The summed E-state index contributed by atoms with van der Waals surface area (Å²) in [7, 11) is 0. The zero-order valence-corrected chi connectivity index (χ0v) is 21.9. The maximum Gasteiger partial charge on any atom is 0.0491 e. The zero-order valence-electron chi connectivity index (χ0n) is 21.9. The maximum absolute atomic E-state index is 2.42. The van der Waals surface area contributed by atoms with Crippen LogP contribution >= 0.6 is 0 Å². The van der Waals surface area contributed by atoms with Gasteiger partial charge in [0.05, 0.1) is 0 Å². The van der Waals surface area contributed by atoms with Crippen LogP contribution in [0, 0.1) is 0 Å². The van der Waals surface area contributed by atoms with Crippen molar-refractivity contribution in [2.24, 2.45) is 0 Å². The molecule has 1 heteroatoms.